The van der Waals surface area contributed by atoms with E-state index in [-0.39, 0.29) is 18.2 Å². The van der Waals surface area contributed by atoms with Crippen molar-refractivity contribution in [2.75, 3.05) is 13.1 Å². The van der Waals surface area contributed by atoms with Crippen molar-refractivity contribution in [2.24, 2.45) is 5.92 Å². The van der Waals surface area contributed by atoms with E-state index in [1.807, 2.05) is 0 Å². The summed E-state index contributed by atoms with van der Waals surface area (Å²) in [6.07, 6.45) is 1.36. The number of carboxylic acid groups (broad SMARTS) is 1. The Morgan fingerprint density at radius 2 is 2.24 bits per heavy atom. The molecule has 0 aromatic carbocycles. The summed E-state index contributed by atoms with van der Waals surface area (Å²) in [5.74, 6) is -0.542. The van der Waals surface area contributed by atoms with E-state index < -0.39 is 11.9 Å². The van der Waals surface area contributed by atoms with Crippen molar-refractivity contribution in [1.29, 1.82) is 0 Å². The Kier molecular flexibility index (Phi) is 3.17. The number of carbonyl (C=O) groups excluding carboxylic acids is 1. The summed E-state index contributed by atoms with van der Waals surface area (Å²) in [4.78, 5) is 24.5. The van der Waals surface area contributed by atoms with E-state index in [9.17, 15) is 9.59 Å². The number of hydrogen-bond acceptors (Lipinski definition) is 3. The minimum absolute atomic E-state index is 0.218. The van der Waals surface area contributed by atoms with Crippen LogP contribution in [0.5, 0.6) is 0 Å². The SMILES string of the molecule is Cc1ccc(C(=O)N2CCCC(C(=O)O)C2)o1. The maximum atomic E-state index is 12.0. The fraction of sp³-hybridized carbons (Fsp3) is 0.500. The zero-order valence-electron chi connectivity index (χ0n) is 9.68. The Labute approximate surface area is 99.0 Å². The topological polar surface area (TPSA) is 70.8 Å². The Morgan fingerprint density at radius 1 is 1.47 bits per heavy atom. The zero-order chi connectivity index (χ0) is 12.4. The van der Waals surface area contributed by atoms with Crippen LogP contribution in [-0.4, -0.2) is 35.0 Å². The quantitative estimate of drug-likeness (QED) is 0.846. The van der Waals surface area contributed by atoms with Gasteiger partial charge in [-0.15, -0.1) is 0 Å². The first-order valence-electron chi connectivity index (χ1n) is 5.66. The lowest BCUT2D eigenvalue weighted by atomic mass is 9.98. The minimum atomic E-state index is -0.835. The molecule has 92 valence electrons. The highest BCUT2D eigenvalue weighted by Crippen LogP contribution is 2.19. The maximum Gasteiger partial charge on any atom is 0.308 e. The summed E-state index contributed by atoms with van der Waals surface area (Å²) in [6.45, 7) is 2.64. The van der Waals surface area contributed by atoms with Crippen molar-refractivity contribution in [2.45, 2.75) is 19.8 Å². The van der Waals surface area contributed by atoms with Crippen LogP contribution in [0.4, 0.5) is 0 Å². The van der Waals surface area contributed by atoms with Crippen molar-refractivity contribution >= 4 is 11.9 Å². The first kappa shape index (κ1) is 11.7. The van der Waals surface area contributed by atoms with Crippen molar-refractivity contribution in [3.05, 3.63) is 23.7 Å². The number of amides is 1. The highest BCUT2D eigenvalue weighted by atomic mass is 16.4. The summed E-state index contributed by atoms with van der Waals surface area (Å²) in [5.41, 5.74) is 0. The highest BCUT2D eigenvalue weighted by molar-refractivity contribution is 5.92. The third-order valence-electron chi connectivity index (χ3n) is 3.01. The molecule has 1 aromatic rings. The van der Waals surface area contributed by atoms with Gasteiger partial charge < -0.3 is 14.4 Å². The van der Waals surface area contributed by atoms with Crippen LogP contribution >= 0.6 is 0 Å². The van der Waals surface area contributed by atoms with E-state index in [4.69, 9.17) is 9.52 Å². The van der Waals surface area contributed by atoms with Gasteiger partial charge >= 0.3 is 5.97 Å². The second kappa shape index (κ2) is 4.61. The highest BCUT2D eigenvalue weighted by Gasteiger charge is 2.29. The Bertz CT molecular complexity index is 437. The molecular formula is C12H15NO4. The standard InChI is InChI=1S/C12H15NO4/c1-8-4-5-10(17-8)11(14)13-6-2-3-9(7-13)12(15)16/h4-5,9H,2-3,6-7H2,1H3,(H,15,16). The van der Waals surface area contributed by atoms with Crippen LogP contribution in [0.25, 0.3) is 0 Å². The number of nitrogens with zero attached hydrogens (tertiary/aromatic N) is 1. The van der Waals surface area contributed by atoms with Gasteiger partial charge in [-0.05, 0) is 31.9 Å². The molecule has 0 spiro atoms. The Morgan fingerprint density at radius 3 is 2.82 bits per heavy atom. The number of piperidine rings is 1. The average molecular weight is 237 g/mol. The number of likely N-dealkylation sites (tertiary alicyclic amines) is 1. The van der Waals surface area contributed by atoms with Gasteiger partial charge in [0.25, 0.3) is 5.91 Å². The van der Waals surface area contributed by atoms with Crippen LogP contribution in [-0.2, 0) is 4.79 Å². The Hall–Kier alpha value is -1.78. The molecule has 1 aliphatic heterocycles. The number of aliphatic carboxylic acids is 1. The molecule has 1 saturated heterocycles. The molecule has 0 saturated carbocycles. The van der Waals surface area contributed by atoms with E-state index >= 15 is 0 Å². The molecule has 5 heteroatoms. The second-order valence-corrected chi connectivity index (χ2v) is 4.34. The molecule has 1 atom stereocenters. The third kappa shape index (κ3) is 2.49. The van der Waals surface area contributed by atoms with Crippen molar-refractivity contribution in [3.63, 3.8) is 0 Å². The van der Waals surface area contributed by atoms with Gasteiger partial charge in [0.2, 0.25) is 0 Å². The summed E-state index contributed by atoms with van der Waals surface area (Å²) in [7, 11) is 0. The molecule has 0 bridgehead atoms. The van der Waals surface area contributed by atoms with Crippen molar-refractivity contribution < 1.29 is 19.1 Å². The van der Waals surface area contributed by atoms with E-state index in [1.54, 1.807) is 24.0 Å². The van der Waals surface area contributed by atoms with E-state index in [2.05, 4.69) is 0 Å². The lowest BCUT2D eigenvalue weighted by Gasteiger charge is -2.29. The molecule has 1 amide bonds. The first-order valence-corrected chi connectivity index (χ1v) is 5.66. The van der Waals surface area contributed by atoms with Crippen LogP contribution in [0.3, 0.4) is 0 Å². The summed E-state index contributed by atoms with van der Waals surface area (Å²) < 4.78 is 5.26. The number of hydrogen-bond donors (Lipinski definition) is 1. The van der Waals surface area contributed by atoms with Gasteiger partial charge in [-0.3, -0.25) is 9.59 Å². The molecule has 1 aliphatic rings. The summed E-state index contributed by atoms with van der Waals surface area (Å²) in [5, 5.41) is 8.95. The first-order chi connectivity index (χ1) is 8.08. The van der Waals surface area contributed by atoms with E-state index in [0.29, 0.717) is 18.7 Å². The number of carbonyl (C=O) groups is 2. The van der Waals surface area contributed by atoms with Gasteiger partial charge in [-0.25, -0.2) is 0 Å². The monoisotopic (exact) mass is 237 g/mol. The predicted molar refractivity (Wildman–Crippen MR) is 59.7 cm³/mol. The molecule has 1 unspecified atom stereocenters. The van der Waals surface area contributed by atoms with Crippen LogP contribution in [0.2, 0.25) is 0 Å². The van der Waals surface area contributed by atoms with Crippen LogP contribution < -0.4 is 0 Å². The molecule has 0 aliphatic carbocycles. The molecule has 2 heterocycles. The van der Waals surface area contributed by atoms with Crippen molar-refractivity contribution in [3.8, 4) is 0 Å². The number of rotatable bonds is 2. The molecule has 1 N–H and O–H groups in total. The normalized spacial score (nSPS) is 20.3. The fourth-order valence-electron chi connectivity index (χ4n) is 2.07. The van der Waals surface area contributed by atoms with Gasteiger partial charge in [0, 0.05) is 13.1 Å². The van der Waals surface area contributed by atoms with Gasteiger partial charge in [-0.1, -0.05) is 0 Å². The van der Waals surface area contributed by atoms with Gasteiger partial charge in [0.05, 0.1) is 5.92 Å². The van der Waals surface area contributed by atoms with Gasteiger partial charge in [0.15, 0.2) is 5.76 Å². The lowest BCUT2D eigenvalue weighted by molar-refractivity contribution is -0.143. The van der Waals surface area contributed by atoms with Gasteiger partial charge in [-0.2, -0.15) is 0 Å². The molecule has 0 radical (unpaired) electrons. The minimum Gasteiger partial charge on any atom is -0.481 e. The lowest BCUT2D eigenvalue weighted by Crippen LogP contribution is -2.42. The fourth-order valence-corrected chi connectivity index (χ4v) is 2.07. The number of furan rings is 1. The van der Waals surface area contributed by atoms with Crippen LogP contribution in [0.1, 0.15) is 29.2 Å². The number of carboxylic acids is 1. The van der Waals surface area contributed by atoms with Crippen LogP contribution in [0, 0.1) is 12.8 Å². The van der Waals surface area contributed by atoms with E-state index in [0.717, 1.165) is 6.42 Å². The second-order valence-electron chi connectivity index (χ2n) is 4.34. The summed E-state index contributed by atoms with van der Waals surface area (Å²) >= 11 is 0. The maximum absolute atomic E-state index is 12.0. The van der Waals surface area contributed by atoms with E-state index in [1.165, 1.54) is 0 Å². The third-order valence-corrected chi connectivity index (χ3v) is 3.01. The molecule has 17 heavy (non-hydrogen) atoms. The largest absolute Gasteiger partial charge is 0.481 e. The predicted octanol–water partition coefficient (Wildman–Crippen LogP) is 1.52. The molecular weight excluding hydrogens is 222 g/mol. The smallest absolute Gasteiger partial charge is 0.308 e. The van der Waals surface area contributed by atoms with Crippen molar-refractivity contribution in [1.82, 2.24) is 4.90 Å². The summed E-state index contributed by atoms with van der Waals surface area (Å²) in [6, 6.07) is 3.36. The molecule has 2 rings (SSSR count). The van der Waals surface area contributed by atoms with Gasteiger partial charge in [0.1, 0.15) is 5.76 Å². The Balaban J connectivity index is 2.07. The molecule has 1 fully saturated rings. The number of aryl methyl sites for hydroxylation is 1. The van der Waals surface area contributed by atoms with Crippen LogP contribution in [0.15, 0.2) is 16.5 Å². The zero-order valence-corrected chi connectivity index (χ0v) is 9.68. The molecule has 5 nitrogen and oxygen atoms in total. The average Bonchev–Trinajstić information content (AvgIpc) is 2.75. The molecule has 1 aromatic heterocycles.